The van der Waals surface area contributed by atoms with Gasteiger partial charge in [-0.05, 0) is 39.2 Å². The summed E-state index contributed by atoms with van der Waals surface area (Å²) >= 11 is 0. The Kier molecular flexibility index (Phi) is 9.11. The van der Waals surface area contributed by atoms with E-state index < -0.39 is 0 Å². The molecule has 0 saturated carbocycles. The molecule has 158 valence electrons. The Morgan fingerprint density at radius 2 is 1.83 bits per heavy atom. The molecule has 0 unspecified atom stereocenters. The van der Waals surface area contributed by atoms with Crippen molar-refractivity contribution >= 4 is 11.6 Å². The normalized spacial score (nSPS) is 11.3. The summed E-state index contributed by atoms with van der Waals surface area (Å²) in [6.07, 6.45) is 0. The first-order chi connectivity index (χ1) is 14.1. The van der Waals surface area contributed by atoms with Crippen LogP contribution in [0.4, 0.5) is 5.69 Å². The SMILES string of the molecule is CCOc1ccc(NC(=NC)NCc2ccccc2OCCN(C)C)cc1OC. The smallest absolute Gasteiger partial charge is 0.195 e. The fraction of sp³-hybridized carbons (Fsp3) is 0.409. The summed E-state index contributed by atoms with van der Waals surface area (Å²) in [6.45, 7) is 4.63. The average molecular weight is 401 g/mol. The summed E-state index contributed by atoms with van der Waals surface area (Å²) in [5.41, 5.74) is 1.92. The highest BCUT2D eigenvalue weighted by molar-refractivity contribution is 5.93. The first-order valence-corrected chi connectivity index (χ1v) is 9.71. The van der Waals surface area contributed by atoms with Crippen molar-refractivity contribution in [3.8, 4) is 17.2 Å². The van der Waals surface area contributed by atoms with Crippen LogP contribution in [0, 0.1) is 0 Å². The van der Waals surface area contributed by atoms with Crippen LogP contribution in [-0.4, -0.2) is 58.9 Å². The van der Waals surface area contributed by atoms with Crippen molar-refractivity contribution in [3.05, 3.63) is 48.0 Å². The van der Waals surface area contributed by atoms with Crippen LogP contribution in [0.3, 0.4) is 0 Å². The second-order valence-corrected chi connectivity index (χ2v) is 6.61. The van der Waals surface area contributed by atoms with Crippen molar-refractivity contribution < 1.29 is 14.2 Å². The van der Waals surface area contributed by atoms with Crippen molar-refractivity contribution in [3.63, 3.8) is 0 Å². The highest BCUT2D eigenvalue weighted by atomic mass is 16.5. The molecule has 29 heavy (non-hydrogen) atoms. The minimum Gasteiger partial charge on any atom is -0.493 e. The van der Waals surface area contributed by atoms with E-state index in [4.69, 9.17) is 14.2 Å². The molecule has 0 aliphatic carbocycles. The molecular formula is C22H32N4O3. The van der Waals surface area contributed by atoms with Crippen LogP contribution < -0.4 is 24.8 Å². The molecule has 0 heterocycles. The molecule has 0 aliphatic rings. The highest BCUT2D eigenvalue weighted by Crippen LogP contribution is 2.30. The Balaban J connectivity index is 1.99. The van der Waals surface area contributed by atoms with Crippen LogP contribution in [0.2, 0.25) is 0 Å². The minimum atomic E-state index is 0.586. The van der Waals surface area contributed by atoms with Crippen LogP contribution in [0.1, 0.15) is 12.5 Å². The number of likely N-dealkylation sites (N-methyl/N-ethyl adjacent to an activating group) is 1. The molecule has 0 radical (unpaired) electrons. The Morgan fingerprint density at radius 3 is 2.52 bits per heavy atom. The van der Waals surface area contributed by atoms with Gasteiger partial charge < -0.3 is 29.7 Å². The molecule has 2 aromatic carbocycles. The largest absolute Gasteiger partial charge is 0.493 e. The zero-order valence-corrected chi connectivity index (χ0v) is 18.0. The molecule has 2 N–H and O–H groups in total. The Labute approximate surface area is 173 Å². The van der Waals surface area contributed by atoms with E-state index in [1.165, 1.54) is 0 Å². The maximum atomic E-state index is 5.93. The summed E-state index contributed by atoms with van der Waals surface area (Å²) in [7, 11) is 7.42. The van der Waals surface area contributed by atoms with Gasteiger partial charge in [0, 0.05) is 37.5 Å². The molecule has 0 fully saturated rings. The number of guanidine groups is 1. The maximum Gasteiger partial charge on any atom is 0.195 e. The number of anilines is 1. The van der Waals surface area contributed by atoms with E-state index in [0.717, 1.165) is 23.5 Å². The fourth-order valence-corrected chi connectivity index (χ4v) is 2.64. The van der Waals surface area contributed by atoms with Gasteiger partial charge in [-0.2, -0.15) is 0 Å². The molecule has 0 bridgehead atoms. The van der Waals surface area contributed by atoms with Gasteiger partial charge in [0.25, 0.3) is 0 Å². The molecule has 0 spiro atoms. The van der Waals surface area contributed by atoms with Gasteiger partial charge in [0.1, 0.15) is 12.4 Å². The summed E-state index contributed by atoms with van der Waals surface area (Å²) in [5.74, 6) is 2.92. The first kappa shape index (κ1) is 22.4. The molecule has 7 nitrogen and oxygen atoms in total. The maximum absolute atomic E-state index is 5.93. The number of rotatable bonds is 10. The van der Waals surface area contributed by atoms with Crippen molar-refractivity contribution in [1.29, 1.82) is 0 Å². The van der Waals surface area contributed by atoms with Gasteiger partial charge in [-0.3, -0.25) is 4.99 Å². The Morgan fingerprint density at radius 1 is 1.03 bits per heavy atom. The molecule has 7 heteroatoms. The molecular weight excluding hydrogens is 368 g/mol. The van der Waals surface area contributed by atoms with E-state index >= 15 is 0 Å². The summed E-state index contributed by atoms with van der Waals surface area (Å²) < 4.78 is 16.9. The molecule has 0 amide bonds. The number of nitrogens with one attached hydrogen (secondary N) is 2. The third-order valence-electron chi connectivity index (χ3n) is 4.16. The lowest BCUT2D eigenvalue weighted by molar-refractivity contribution is 0.259. The standard InChI is InChI=1S/C22H32N4O3/c1-6-28-20-12-11-18(15-21(20)27-5)25-22(23-2)24-16-17-9-7-8-10-19(17)29-14-13-26(3)4/h7-12,15H,6,13-14,16H2,1-5H3,(H2,23,24,25). The van der Waals surface area contributed by atoms with E-state index in [1.54, 1.807) is 14.2 Å². The Hall–Kier alpha value is -2.93. The lowest BCUT2D eigenvalue weighted by Gasteiger charge is -2.17. The summed E-state index contributed by atoms with van der Waals surface area (Å²) in [6, 6.07) is 13.7. The van der Waals surface area contributed by atoms with E-state index in [9.17, 15) is 0 Å². The van der Waals surface area contributed by atoms with Crippen molar-refractivity contribution in [2.75, 3.05) is 53.3 Å². The molecule has 2 rings (SSSR count). The fourth-order valence-electron chi connectivity index (χ4n) is 2.64. The highest BCUT2D eigenvalue weighted by Gasteiger charge is 2.08. The number of methoxy groups -OCH3 is 1. The zero-order chi connectivity index (χ0) is 21.1. The predicted octanol–water partition coefficient (Wildman–Crippen LogP) is 3.22. The number of nitrogens with zero attached hydrogens (tertiary/aromatic N) is 2. The quantitative estimate of drug-likeness (QED) is 0.472. The summed E-state index contributed by atoms with van der Waals surface area (Å²) in [4.78, 5) is 6.40. The first-order valence-electron chi connectivity index (χ1n) is 9.71. The third kappa shape index (κ3) is 7.19. The third-order valence-corrected chi connectivity index (χ3v) is 4.16. The van der Waals surface area contributed by atoms with E-state index in [-0.39, 0.29) is 0 Å². The molecule has 0 saturated heterocycles. The molecule has 0 aliphatic heterocycles. The van der Waals surface area contributed by atoms with Crippen LogP contribution in [0.5, 0.6) is 17.2 Å². The van der Waals surface area contributed by atoms with Crippen molar-refractivity contribution in [2.45, 2.75) is 13.5 Å². The molecule has 0 aromatic heterocycles. The van der Waals surface area contributed by atoms with Gasteiger partial charge in [0.15, 0.2) is 17.5 Å². The van der Waals surface area contributed by atoms with Crippen molar-refractivity contribution in [1.82, 2.24) is 10.2 Å². The number of benzene rings is 2. The van der Waals surface area contributed by atoms with E-state index in [0.29, 0.717) is 37.2 Å². The lowest BCUT2D eigenvalue weighted by Crippen LogP contribution is -2.30. The van der Waals surface area contributed by atoms with Gasteiger partial charge >= 0.3 is 0 Å². The molecule has 0 atom stereocenters. The van der Waals surface area contributed by atoms with Crippen LogP contribution >= 0.6 is 0 Å². The van der Waals surface area contributed by atoms with Crippen LogP contribution in [0.15, 0.2) is 47.5 Å². The predicted molar refractivity (Wildman–Crippen MR) is 118 cm³/mol. The van der Waals surface area contributed by atoms with E-state index in [2.05, 4.69) is 20.5 Å². The number of para-hydroxylation sites is 1. The van der Waals surface area contributed by atoms with Gasteiger partial charge in [-0.15, -0.1) is 0 Å². The number of hydrogen-bond acceptors (Lipinski definition) is 5. The van der Waals surface area contributed by atoms with Crippen LogP contribution in [0.25, 0.3) is 0 Å². The topological polar surface area (TPSA) is 67.3 Å². The summed E-state index contributed by atoms with van der Waals surface area (Å²) in [5, 5.41) is 6.60. The van der Waals surface area contributed by atoms with Crippen molar-refractivity contribution in [2.24, 2.45) is 4.99 Å². The van der Waals surface area contributed by atoms with E-state index in [1.807, 2.05) is 63.5 Å². The van der Waals surface area contributed by atoms with Crippen LogP contribution in [-0.2, 0) is 6.54 Å². The van der Waals surface area contributed by atoms with Gasteiger partial charge in [-0.1, -0.05) is 18.2 Å². The number of hydrogen-bond donors (Lipinski definition) is 2. The average Bonchev–Trinajstić information content (AvgIpc) is 2.72. The minimum absolute atomic E-state index is 0.586. The number of ether oxygens (including phenoxy) is 3. The second kappa shape index (κ2) is 11.8. The van der Waals surface area contributed by atoms with Gasteiger partial charge in [0.2, 0.25) is 0 Å². The van der Waals surface area contributed by atoms with Gasteiger partial charge in [0.05, 0.1) is 13.7 Å². The number of aliphatic imine (C=N–C) groups is 1. The molecule has 2 aromatic rings. The second-order valence-electron chi connectivity index (χ2n) is 6.61. The Bertz CT molecular complexity index is 793. The van der Waals surface area contributed by atoms with Gasteiger partial charge in [-0.25, -0.2) is 0 Å². The zero-order valence-electron chi connectivity index (χ0n) is 18.0. The lowest BCUT2D eigenvalue weighted by atomic mass is 10.2. The monoisotopic (exact) mass is 400 g/mol.